The van der Waals surface area contributed by atoms with Gasteiger partial charge in [0.1, 0.15) is 0 Å². The average Bonchev–Trinajstić information content (AvgIpc) is 2.03. The Balaban J connectivity index is 2.71. The summed E-state index contributed by atoms with van der Waals surface area (Å²) >= 11 is 0. The molecular formula is C8H15NO2S. The van der Waals surface area contributed by atoms with Gasteiger partial charge in [-0.3, -0.25) is 4.99 Å². The van der Waals surface area contributed by atoms with Gasteiger partial charge in [0, 0.05) is 25.4 Å². The Morgan fingerprint density at radius 2 is 2.17 bits per heavy atom. The van der Waals surface area contributed by atoms with Gasteiger partial charge in [-0.25, -0.2) is 8.42 Å². The molecule has 4 heteroatoms. The summed E-state index contributed by atoms with van der Waals surface area (Å²) in [4.78, 5) is 4.06. The zero-order chi connectivity index (χ0) is 9.19. The third kappa shape index (κ3) is 2.30. The Bertz CT molecular complexity index is 279. The highest BCUT2D eigenvalue weighted by Gasteiger charge is 2.25. The lowest BCUT2D eigenvalue weighted by Crippen LogP contribution is -2.27. The summed E-state index contributed by atoms with van der Waals surface area (Å²) in [6.45, 7) is 0. The second-order valence-electron chi connectivity index (χ2n) is 3.34. The first-order valence-corrected chi connectivity index (χ1v) is 6.13. The van der Waals surface area contributed by atoms with Crippen LogP contribution in [0.4, 0.5) is 0 Å². The van der Waals surface area contributed by atoms with E-state index in [0.717, 1.165) is 25.0 Å². The molecule has 0 radical (unpaired) electrons. The first-order valence-electron chi connectivity index (χ1n) is 4.17. The molecule has 0 unspecified atom stereocenters. The lowest BCUT2D eigenvalue weighted by atomic mass is 9.98. The van der Waals surface area contributed by atoms with E-state index >= 15 is 0 Å². The Labute approximate surface area is 73.8 Å². The number of aliphatic imine (C=N–C) groups is 1. The van der Waals surface area contributed by atoms with Crippen molar-refractivity contribution in [3.8, 4) is 0 Å². The molecule has 0 spiro atoms. The zero-order valence-electron chi connectivity index (χ0n) is 7.58. The monoisotopic (exact) mass is 189 g/mol. The number of rotatable bonds is 1. The van der Waals surface area contributed by atoms with Gasteiger partial charge in [-0.15, -0.1) is 0 Å². The second-order valence-corrected chi connectivity index (χ2v) is 5.66. The number of hydrogen-bond acceptors (Lipinski definition) is 3. The Hall–Kier alpha value is -0.380. The minimum absolute atomic E-state index is 0.176. The molecule has 0 saturated heterocycles. The van der Waals surface area contributed by atoms with Crippen molar-refractivity contribution in [2.45, 2.75) is 30.9 Å². The second kappa shape index (κ2) is 3.56. The van der Waals surface area contributed by atoms with Gasteiger partial charge in [-0.1, -0.05) is 0 Å². The standard InChI is InChI=1S/C8H15NO2S/c1-9-7-4-3-5-8(6-7)12(2,10)11/h8H,3-6H2,1-2H3/t8-/m1/s1. The third-order valence-electron chi connectivity index (χ3n) is 2.38. The summed E-state index contributed by atoms with van der Waals surface area (Å²) in [7, 11) is -1.11. The summed E-state index contributed by atoms with van der Waals surface area (Å²) in [6, 6.07) is 0. The van der Waals surface area contributed by atoms with Crippen molar-refractivity contribution in [2.24, 2.45) is 4.99 Å². The topological polar surface area (TPSA) is 46.5 Å². The molecule has 0 N–H and O–H groups in total. The smallest absolute Gasteiger partial charge is 0.150 e. The minimum Gasteiger partial charge on any atom is -0.297 e. The van der Waals surface area contributed by atoms with Gasteiger partial charge in [-0.2, -0.15) is 0 Å². The molecule has 1 fully saturated rings. The highest BCUT2D eigenvalue weighted by molar-refractivity contribution is 7.91. The van der Waals surface area contributed by atoms with Gasteiger partial charge in [0.15, 0.2) is 9.84 Å². The van der Waals surface area contributed by atoms with Crippen molar-refractivity contribution in [3.05, 3.63) is 0 Å². The fourth-order valence-electron chi connectivity index (χ4n) is 1.57. The molecule has 0 amide bonds. The van der Waals surface area contributed by atoms with Gasteiger partial charge in [0.25, 0.3) is 0 Å². The maximum atomic E-state index is 11.2. The molecule has 0 aliphatic heterocycles. The molecule has 1 rings (SSSR count). The summed E-state index contributed by atoms with van der Waals surface area (Å²) in [5.74, 6) is 0. The van der Waals surface area contributed by atoms with Gasteiger partial charge in [0.2, 0.25) is 0 Å². The predicted molar refractivity (Wildman–Crippen MR) is 50.5 cm³/mol. The molecule has 0 heterocycles. The quantitative estimate of drug-likeness (QED) is 0.619. The largest absolute Gasteiger partial charge is 0.297 e. The van der Waals surface area contributed by atoms with Crippen molar-refractivity contribution >= 4 is 15.5 Å². The molecule has 0 aromatic heterocycles. The van der Waals surface area contributed by atoms with Crippen LogP contribution in [0.25, 0.3) is 0 Å². The summed E-state index contributed by atoms with van der Waals surface area (Å²) < 4.78 is 22.4. The molecule has 0 aromatic carbocycles. The van der Waals surface area contributed by atoms with Crippen LogP contribution in [-0.4, -0.2) is 32.7 Å². The fraction of sp³-hybridized carbons (Fsp3) is 0.875. The fourth-order valence-corrected chi connectivity index (χ4v) is 2.66. The molecule has 1 saturated carbocycles. The molecule has 3 nitrogen and oxygen atoms in total. The van der Waals surface area contributed by atoms with E-state index in [1.165, 1.54) is 6.26 Å². The van der Waals surface area contributed by atoms with Crippen LogP contribution in [0, 0.1) is 0 Å². The van der Waals surface area contributed by atoms with E-state index in [2.05, 4.69) is 4.99 Å². The van der Waals surface area contributed by atoms with Crippen molar-refractivity contribution in [1.82, 2.24) is 0 Å². The average molecular weight is 189 g/mol. The van der Waals surface area contributed by atoms with E-state index < -0.39 is 9.84 Å². The maximum Gasteiger partial charge on any atom is 0.150 e. The van der Waals surface area contributed by atoms with Crippen LogP contribution in [0.3, 0.4) is 0 Å². The van der Waals surface area contributed by atoms with E-state index in [1.807, 2.05) is 0 Å². The van der Waals surface area contributed by atoms with Crippen molar-refractivity contribution in [1.29, 1.82) is 0 Å². The normalized spacial score (nSPS) is 29.2. The molecule has 1 aliphatic rings. The van der Waals surface area contributed by atoms with Gasteiger partial charge in [-0.05, 0) is 19.3 Å². The van der Waals surface area contributed by atoms with Gasteiger partial charge in [0.05, 0.1) is 5.25 Å². The molecule has 12 heavy (non-hydrogen) atoms. The lowest BCUT2D eigenvalue weighted by molar-refractivity contribution is 0.565. The van der Waals surface area contributed by atoms with Gasteiger partial charge >= 0.3 is 0 Å². The first kappa shape index (κ1) is 9.71. The highest BCUT2D eigenvalue weighted by Crippen LogP contribution is 2.21. The van der Waals surface area contributed by atoms with Crippen LogP contribution in [0.5, 0.6) is 0 Å². The van der Waals surface area contributed by atoms with Crippen LogP contribution >= 0.6 is 0 Å². The van der Waals surface area contributed by atoms with Crippen molar-refractivity contribution in [3.63, 3.8) is 0 Å². The third-order valence-corrected chi connectivity index (χ3v) is 3.99. The molecule has 1 aliphatic carbocycles. The van der Waals surface area contributed by atoms with Crippen LogP contribution in [0.2, 0.25) is 0 Å². The van der Waals surface area contributed by atoms with Crippen molar-refractivity contribution in [2.75, 3.05) is 13.3 Å². The van der Waals surface area contributed by atoms with Crippen molar-refractivity contribution < 1.29 is 8.42 Å². The van der Waals surface area contributed by atoms with E-state index in [0.29, 0.717) is 6.42 Å². The van der Waals surface area contributed by atoms with Crippen LogP contribution in [0.1, 0.15) is 25.7 Å². The Morgan fingerprint density at radius 1 is 1.50 bits per heavy atom. The van der Waals surface area contributed by atoms with E-state index in [9.17, 15) is 8.42 Å². The van der Waals surface area contributed by atoms with Gasteiger partial charge < -0.3 is 0 Å². The molecule has 70 valence electrons. The van der Waals surface area contributed by atoms with Crippen LogP contribution in [0.15, 0.2) is 4.99 Å². The van der Waals surface area contributed by atoms with Crippen LogP contribution < -0.4 is 0 Å². The Kier molecular flexibility index (Phi) is 2.88. The van der Waals surface area contributed by atoms with E-state index in [-0.39, 0.29) is 5.25 Å². The lowest BCUT2D eigenvalue weighted by Gasteiger charge is -2.21. The number of nitrogens with zero attached hydrogens (tertiary/aromatic N) is 1. The summed E-state index contributed by atoms with van der Waals surface area (Å²) in [5.41, 5.74) is 1.05. The zero-order valence-corrected chi connectivity index (χ0v) is 8.39. The van der Waals surface area contributed by atoms with E-state index in [4.69, 9.17) is 0 Å². The maximum absolute atomic E-state index is 11.2. The molecule has 0 aromatic rings. The number of sulfone groups is 1. The summed E-state index contributed by atoms with van der Waals surface area (Å²) in [5, 5.41) is -0.176. The van der Waals surface area contributed by atoms with Crippen LogP contribution in [-0.2, 0) is 9.84 Å². The molecular weight excluding hydrogens is 174 g/mol. The SMILES string of the molecule is CN=C1CCC[C@@H](S(C)(=O)=O)C1. The molecule has 0 bridgehead atoms. The molecule has 1 atom stereocenters. The number of hydrogen-bond donors (Lipinski definition) is 0. The minimum atomic E-state index is -2.85. The predicted octanol–water partition coefficient (Wildman–Crippen LogP) is 1.04. The van der Waals surface area contributed by atoms with E-state index in [1.54, 1.807) is 7.05 Å². The highest BCUT2D eigenvalue weighted by atomic mass is 32.2. The first-order chi connectivity index (χ1) is 5.54. The Morgan fingerprint density at radius 3 is 2.67 bits per heavy atom. The summed E-state index contributed by atoms with van der Waals surface area (Å²) in [6.07, 6.45) is 4.70.